The molecule has 1 fully saturated rings. The van der Waals surface area contributed by atoms with E-state index in [4.69, 9.17) is 23.7 Å². The first kappa shape index (κ1) is 72.7. The van der Waals surface area contributed by atoms with Gasteiger partial charge in [0.1, 0.15) is 18.8 Å². The van der Waals surface area contributed by atoms with Gasteiger partial charge in [0.15, 0.2) is 24.6 Å². The first-order chi connectivity index (χ1) is 38.6. The molecule has 0 aliphatic carbocycles. The number of carbonyl (C=O) groups is 4. The number of esters is 3. The zero-order valence-electron chi connectivity index (χ0n) is 49.6. The van der Waals surface area contributed by atoms with E-state index in [1.807, 2.05) is 0 Å². The number of rotatable bonds is 52. The average molecular weight is 1110 g/mol. The number of allylic oxidation sites excluding steroid dienone is 16. The third-order valence-corrected chi connectivity index (χ3v) is 13.7. The summed E-state index contributed by atoms with van der Waals surface area (Å²) in [6, 6.07) is 0. The number of ether oxygens (including phenoxy) is 5. The van der Waals surface area contributed by atoms with Crippen LogP contribution in [0.1, 0.15) is 252 Å². The minimum atomic E-state index is -1.92. The molecule has 0 aromatic rings. The van der Waals surface area contributed by atoms with Crippen molar-refractivity contribution in [1.29, 1.82) is 0 Å². The van der Waals surface area contributed by atoms with Gasteiger partial charge in [-0.3, -0.25) is 14.4 Å². The zero-order valence-corrected chi connectivity index (χ0v) is 49.6. The fourth-order valence-electron chi connectivity index (χ4n) is 8.94. The van der Waals surface area contributed by atoms with Gasteiger partial charge in [-0.1, -0.05) is 234 Å². The van der Waals surface area contributed by atoms with Crippen molar-refractivity contribution < 1.29 is 58.2 Å². The Bertz CT molecular complexity index is 1740. The standard InChI is InChI=1S/C67H110O12/c1-4-7-10-13-16-19-22-25-28-29-30-31-34-37-40-43-46-49-52-55-61(70)78-65-63(72)62(71)64(66(73)74)79-67(65)76-57-58(77-60(69)54-51-48-45-42-39-36-33-27-24-21-18-15-12-9-6-3)56-75-59(68)53-50-47-44-41-38-35-32-26-23-20-17-14-11-8-5-2/h7-8,10-11,16-17,19-20,25-26,28,30-32,37,40,58,62-65,67,71-72H,4-6,9,12-15,18,21-24,27,29,33-36,38-39,41-57H2,1-3H3,(H,73,74)/b10-7-,11-8-,19-16-,20-17-,28-25-,31-30-,32-26-,40-37-. The van der Waals surface area contributed by atoms with Crippen molar-refractivity contribution in [2.75, 3.05) is 13.2 Å². The van der Waals surface area contributed by atoms with E-state index in [0.29, 0.717) is 19.3 Å². The highest BCUT2D eigenvalue weighted by molar-refractivity contribution is 5.74. The second-order valence-electron chi connectivity index (χ2n) is 20.9. The largest absolute Gasteiger partial charge is 0.479 e. The van der Waals surface area contributed by atoms with Gasteiger partial charge in [-0.15, -0.1) is 0 Å². The molecule has 79 heavy (non-hydrogen) atoms. The van der Waals surface area contributed by atoms with Gasteiger partial charge in [-0.25, -0.2) is 4.79 Å². The van der Waals surface area contributed by atoms with Gasteiger partial charge in [0.05, 0.1) is 6.61 Å². The summed E-state index contributed by atoms with van der Waals surface area (Å²) in [5.74, 6) is -3.18. The smallest absolute Gasteiger partial charge is 0.335 e. The lowest BCUT2D eigenvalue weighted by Gasteiger charge is -2.40. The third kappa shape index (κ3) is 44.0. The minimum absolute atomic E-state index is 0.0166. The van der Waals surface area contributed by atoms with Crippen LogP contribution in [0.15, 0.2) is 97.2 Å². The number of hydrogen-bond acceptors (Lipinski definition) is 11. The van der Waals surface area contributed by atoms with Gasteiger partial charge in [0.25, 0.3) is 0 Å². The maximum absolute atomic E-state index is 13.2. The molecule has 6 atom stereocenters. The Morgan fingerprint density at radius 3 is 1.23 bits per heavy atom. The molecule has 0 amide bonds. The molecule has 0 aromatic carbocycles. The van der Waals surface area contributed by atoms with E-state index in [0.717, 1.165) is 122 Å². The highest BCUT2D eigenvalue weighted by Gasteiger charge is 2.50. The van der Waals surface area contributed by atoms with Crippen molar-refractivity contribution in [3.63, 3.8) is 0 Å². The van der Waals surface area contributed by atoms with E-state index in [2.05, 4.69) is 118 Å². The Labute approximate surface area is 479 Å². The van der Waals surface area contributed by atoms with Crippen LogP contribution in [0.3, 0.4) is 0 Å². The number of aliphatic carboxylic acids is 1. The first-order valence-electron chi connectivity index (χ1n) is 31.2. The summed E-state index contributed by atoms with van der Waals surface area (Å²) in [6.45, 7) is 5.75. The van der Waals surface area contributed by atoms with Crippen molar-refractivity contribution in [3.8, 4) is 0 Å². The topological polar surface area (TPSA) is 175 Å². The van der Waals surface area contributed by atoms with E-state index >= 15 is 0 Å². The molecule has 450 valence electrons. The Morgan fingerprint density at radius 2 is 0.797 bits per heavy atom. The monoisotopic (exact) mass is 1110 g/mol. The van der Waals surface area contributed by atoms with Crippen LogP contribution in [-0.2, 0) is 42.9 Å². The second-order valence-corrected chi connectivity index (χ2v) is 20.9. The quantitative estimate of drug-likeness (QED) is 0.0228. The van der Waals surface area contributed by atoms with Crippen molar-refractivity contribution in [2.45, 2.75) is 289 Å². The lowest BCUT2D eigenvalue weighted by molar-refractivity contribution is -0.301. The third-order valence-electron chi connectivity index (χ3n) is 13.7. The van der Waals surface area contributed by atoms with Gasteiger partial charge in [-0.05, 0) is 96.3 Å². The van der Waals surface area contributed by atoms with Crippen LogP contribution in [0.4, 0.5) is 0 Å². The van der Waals surface area contributed by atoms with Crippen molar-refractivity contribution in [3.05, 3.63) is 97.2 Å². The summed E-state index contributed by atoms with van der Waals surface area (Å²) in [5, 5.41) is 31.5. The number of carboxylic acid groups (broad SMARTS) is 1. The van der Waals surface area contributed by atoms with Crippen LogP contribution in [0.2, 0.25) is 0 Å². The van der Waals surface area contributed by atoms with Crippen LogP contribution in [0, 0.1) is 0 Å². The number of hydrogen-bond donors (Lipinski definition) is 3. The van der Waals surface area contributed by atoms with E-state index in [1.165, 1.54) is 70.6 Å². The normalized spacial score (nSPS) is 18.5. The van der Waals surface area contributed by atoms with Crippen LogP contribution in [-0.4, -0.2) is 89.2 Å². The molecule has 1 aliphatic heterocycles. The molecule has 12 heteroatoms. The average Bonchev–Trinajstić information content (AvgIpc) is 3.44. The van der Waals surface area contributed by atoms with Gasteiger partial charge in [-0.2, -0.15) is 0 Å². The van der Waals surface area contributed by atoms with Gasteiger partial charge < -0.3 is 39.0 Å². The summed E-state index contributed by atoms with van der Waals surface area (Å²) in [5.41, 5.74) is 0. The Hall–Kier alpha value is -4.36. The van der Waals surface area contributed by atoms with Gasteiger partial charge in [0.2, 0.25) is 0 Å². The Morgan fingerprint density at radius 1 is 0.430 bits per heavy atom. The molecule has 0 bridgehead atoms. The minimum Gasteiger partial charge on any atom is -0.479 e. The molecule has 1 rings (SSSR count). The highest BCUT2D eigenvalue weighted by Crippen LogP contribution is 2.26. The first-order valence-corrected chi connectivity index (χ1v) is 31.2. The molecule has 0 spiro atoms. The molecule has 3 N–H and O–H groups in total. The summed E-state index contributed by atoms with van der Waals surface area (Å²) in [7, 11) is 0. The van der Waals surface area contributed by atoms with Crippen LogP contribution >= 0.6 is 0 Å². The van der Waals surface area contributed by atoms with E-state index in [-0.39, 0.29) is 25.9 Å². The lowest BCUT2D eigenvalue weighted by Crippen LogP contribution is -2.61. The summed E-state index contributed by atoms with van der Waals surface area (Å²) in [4.78, 5) is 51.2. The predicted octanol–water partition coefficient (Wildman–Crippen LogP) is 16.5. The van der Waals surface area contributed by atoms with Crippen LogP contribution in [0.5, 0.6) is 0 Å². The van der Waals surface area contributed by atoms with Crippen LogP contribution < -0.4 is 0 Å². The number of carboxylic acids is 1. The molecule has 6 unspecified atom stereocenters. The van der Waals surface area contributed by atoms with E-state index < -0.39 is 67.3 Å². The molecule has 12 nitrogen and oxygen atoms in total. The molecule has 1 heterocycles. The number of carbonyl (C=O) groups excluding carboxylic acids is 3. The number of unbranched alkanes of at least 4 members (excludes halogenated alkanes) is 22. The summed E-state index contributed by atoms with van der Waals surface area (Å²) >= 11 is 0. The van der Waals surface area contributed by atoms with Crippen molar-refractivity contribution >= 4 is 23.9 Å². The highest BCUT2D eigenvalue weighted by atomic mass is 16.7. The molecular formula is C67H110O12. The van der Waals surface area contributed by atoms with Crippen LogP contribution in [0.25, 0.3) is 0 Å². The zero-order chi connectivity index (χ0) is 57.5. The fourth-order valence-corrected chi connectivity index (χ4v) is 8.94. The van der Waals surface area contributed by atoms with Crippen molar-refractivity contribution in [1.82, 2.24) is 0 Å². The number of aliphatic hydroxyl groups is 2. The van der Waals surface area contributed by atoms with E-state index in [1.54, 1.807) is 0 Å². The lowest BCUT2D eigenvalue weighted by atomic mass is 9.98. The Kier molecular flexibility index (Phi) is 49.9. The second kappa shape index (κ2) is 54.2. The van der Waals surface area contributed by atoms with Gasteiger partial charge in [0, 0.05) is 19.3 Å². The summed E-state index contributed by atoms with van der Waals surface area (Å²) in [6.07, 6.45) is 59.4. The summed E-state index contributed by atoms with van der Waals surface area (Å²) < 4.78 is 28.4. The SMILES string of the molecule is CC/C=C\C/C=C\C/C=C\C/C=C\C/C=C\CCCCCC(=O)OC1C(OCC(COC(=O)CCCCCCC/C=C\C/C=C\C/C=C\CC)OC(=O)CCCCCCCCCCCCCCCCC)OC(C(=O)O)C(O)C1O. The fraction of sp³-hybridized carbons (Fsp3) is 0.701. The van der Waals surface area contributed by atoms with Crippen molar-refractivity contribution in [2.24, 2.45) is 0 Å². The molecule has 0 aromatic heterocycles. The molecule has 0 radical (unpaired) electrons. The maximum Gasteiger partial charge on any atom is 0.335 e. The molecular weight excluding hydrogens is 997 g/mol. The maximum atomic E-state index is 13.2. The Balaban J connectivity index is 2.70. The molecule has 1 aliphatic rings. The van der Waals surface area contributed by atoms with Gasteiger partial charge >= 0.3 is 23.9 Å². The molecule has 0 saturated carbocycles. The predicted molar refractivity (Wildman–Crippen MR) is 321 cm³/mol. The molecule has 1 saturated heterocycles. The number of aliphatic hydroxyl groups excluding tert-OH is 2. The van der Waals surface area contributed by atoms with E-state index in [9.17, 15) is 34.5 Å².